The van der Waals surface area contributed by atoms with Gasteiger partial charge in [-0.3, -0.25) is 0 Å². The van der Waals surface area contributed by atoms with Crippen molar-refractivity contribution in [3.8, 4) is 0 Å². The summed E-state index contributed by atoms with van der Waals surface area (Å²) in [5.74, 6) is 0.938. The summed E-state index contributed by atoms with van der Waals surface area (Å²) in [5.41, 5.74) is 0.457. The Morgan fingerprint density at radius 2 is 1.42 bits per heavy atom. The molecule has 102 valence electrons. The second kappa shape index (κ2) is 3.80. The van der Waals surface area contributed by atoms with E-state index < -0.39 is 0 Å². The van der Waals surface area contributed by atoms with Gasteiger partial charge >= 0.3 is 7.12 Å². The summed E-state index contributed by atoms with van der Waals surface area (Å²) in [4.78, 5) is 8.96. The Balaban J connectivity index is 1.81. The maximum absolute atomic E-state index is 5.99. The van der Waals surface area contributed by atoms with Crippen LogP contribution >= 0.6 is 0 Å². The molecule has 0 spiro atoms. The zero-order valence-electron chi connectivity index (χ0n) is 12.4. The van der Waals surface area contributed by atoms with Crippen molar-refractivity contribution in [2.45, 2.75) is 64.1 Å². The predicted molar refractivity (Wildman–Crippen MR) is 74.3 cm³/mol. The third-order valence-corrected chi connectivity index (χ3v) is 4.74. The molecule has 1 saturated carbocycles. The normalized spacial score (nSPS) is 26.5. The third-order valence-electron chi connectivity index (χ3n) is 4.74. The van der Waals surface area contributed by atoms with Crippen molar-refractivity contribution in [2.75, 3.05) is 0 Å². The number of rotatable bonds is 2. The molecule has 0 aromatic carbocycles. The van der Waals surface area contributed by atoms with E-state index in [9.17, 15) is 0 Å². The van der Waals surface area contributed by atoms with Crippen LogP contribution in [0.25, 0.3) is 0 Å². The molecular formula is C14H21BN2O2. The maximum atomic E-state index is 5.99. The SMILES string of the molecule is CC1(c2ncc(B3OC(C)(C)C(C)(C)O3)cn2)CC1. The molecule has 5 heteroatoms. The quantitative estimate of drug-likeness (QED) is 0.761. The summed E-state index contributed by atoms with van der Waals surface area (Å²) >= 11 is 0. The van der Waals surface area contributed by atoms with E-state index >= 15 is 0 Å². The molecule has 1 saturated heterocycles. The standard InChI is InChI=1S/C14H21BN2O2/c1-12(2)13(3,4)19-15(18-12)10-8-16-11(17-9-10)14(5)6-7-14/h8-9H,6-7H2,1-5H3. The molecular weight excluding hydrogens is 239 g/mol. The Labute approximate surface area is 115 Å². The Kier molecular flexibility index (Phi) is 2.61. The molecule has 4 nitrogen and oxygen atoms in total. The van der Waals surface area contributed by atoms with Gasteiger partial charge in [-0.05, 0) is 40.5 Å². The zero-order valence-corrected chi connectivity index (χ0v) is 12.4. The van der Waals surface area contributed by atoms with Gasteiger partial charge in [0.25, 0.3) is 0 Å². The number of nitrogens with zero attached hydrogens (tertiary/aromatic N) is 2. The fraction of sp³-hybridized carbons (Fsp3) is 0.714. The van der Waals surface area contributed by atoms with E-state index in [0.717, 1.165) is 11.3 Å². The Morgan fingerprint density at radius 1 is 0.947 bits per heavy atom. The van der Waals surface area contributed by atoms with Gasteiger partial charge in [0, 0.05) is 23.3 Å². The lowest BCUT2D eigenvalue weighted by atomic mass is 9.81. The minimum atomic E-state index is -0.369. The van der Waals surface area contributed by atoms with Crippen LogP contribution in [0.2, 0.25) is 0 Å². The van der Waals surface area contributed by atoms with Gasteiger partial charge in [0.05, 0.1) is 11.2 Å². The van der Waals surface area contributed by atoms with E-state index in [1.54, 1.807) is 0 Å². The van der Waals surface area contributed by atoms with Gasteiger partial charge in [-0.25, -0.2) is 9.97 Å². The van der Waals surface area contributed by atoms with Gasteiger partial charge in [0.2, 0.25) is 0 Å². The van der Waals surface area contributed by atoms with Gasteiger partial charge in [-0.15, -0.1) is 0 Å². The summed E-state index contributed by atoms with van der Waals surface area (Å²) in [6.45, 7) is 10.4. The van der Waals surface area contributed by atoms with E-state index in [4.69, 9.17) is 9.31 Å². The van der Waals surface area contributed by atoms with Crippen molar-refractivity contribution < 1.29 is 9.31 Å². The average molecular weight is 260 g/mol. The van der Waals surface area contributed by atoms with Crippen LogP contribution in [0.5, 0.6) is 0 Å². The minimum absolute atomic E-state index is 0.203. The fourth-order valence-electron chi connectivity index (χ4n) is 2.16. The van der Waals surface area contributed by atoms with Crippen LogP contribution in [0.4, 0.5) is 0 Å². The highest BCUT2D eigenvalue weighted by molar-refractivity contribution is 6.61. The molecule has 1 aromatic rings. The Bertz CT molecular complexity index is 479. The summed E-state index contributed by atoms with van der Waals surface area (Å²) in [7, 11) is -0.369. The summed E-state index contributed by atoms with van der Waals surface area (Å²) in [6.07, 6.45) is 6.05. The van der Waals surface area contributed by atoms with Crippen LogP contribution in [-0.2, 0) is 14.7 Å². The lowest BCUT2D eigenvalue weighted by molar-refractivity contribution is 0.00578. The molecule has 2 heterocycles. The summed E-state index contributed by atoms with van der Waals surface area (Å²) in [5, 5.41) is 0. The van der Waals surface area contributed by atoms with Gasteiger partial charge in [0.15, 0.2) is 0 Å². The first-order chi connectivity index (χ1) is 8.74. The molecule has 1 aromatic heterocycles. The first kappa shape index (κ1) is 13.1. The largest absolute Gasteiger partial charge is 0.498 e. The van der Waals surface area contributed by atoms with Gasteiger partial charge in [0.1, 0.15) is 5.82 Å². The van der Waals surface area contributed by atoms with Crippen molar-refractivity contribution in [3.63, 3.8) is 0 Å². The van der Waals surface area contributed by atoms with E-state index in [2.05, 4.69) is 16.9 Å². The van der Waals surface area contributed by atoms with E-state index in [0.29, 0.717) is 0 Å². The molecule has 0 radical (unpaired) electrons. The number of aromatic nitrogens is 2. The molecule has 0 amide bonds. The van der Waals surface area contributed by atoms with E-state index in [1.165, 1.54) is 12.8 Å². The average Bonchev–Trinajstić information content (AvgIpc) is 3.02. The highest BCUT2D eigenvalue weighted by Crippen LogP contribution is 2.45. The minimum Gasteiger partial charge on any atom is -0.399 e. The van der Waals surface area contributed by atoms with Gasteiger partial charge < -0.3 is 9.31 Å². The first-order valence-electron chi connectivity index (χ1n) is 6.92. The summed E-state index contributed by atoms with van der Waals surface area (Å²) < 4.78 is 12.0. The molecule has 19 heavy (non-hydrogen) atoms. The van der Waals surface area contributed by atoms with Crippen LogP contribution in [-0.4, -0.2) is 28.3 Å². The highest BCUT2D eigenvalue weighted by Gasteiger charge is 2.52. The van der Waals surface area contributed by atoms with Crippen LogP contribution in [0.3, 0.4) is 0 Å². The molecule has 0 bridgehead atoms. The molecule has 1 aliphatic heterocycles. The van der Waals surface area contributed by atoms with Crippen LogP contribution < -0.4 is 5.46 Å². The maximum Gasteiger partial charge on any atom is 0.498 e. The summed E-state index contributed by atoms with van der Waals surface area (Å²) in [6, 6.07) is 0. The number of hydrogen-bond acceptors (Lipinski definition) is 4. The first-order valence-corrected chi connectivity index (χ1v) is 6.92. The molecule has 3 rings (SSSR count). The predicted octanol–water partition coefficient (Wildman–Crippen LogP) is 1.83. The van der Waals surface area contributed by atoms with E-state index in [1.807, 2.05) is 40.1 Å². The smallest absolute Gasteiger partial charge is 0.399 e. The molecule has 0 N–H and O–H groups in total. The second-order valence-corrected chi connectivity index (χ2v) is 6.99. The van der Waals surface area contributed by atoms with Crippen molar-refractivity contribution >= 4 is 12.6 Å². The lowest BCUT2D eigenvalue weighted by Gasteiger charge is -2.32. The number of hydrogen-bond donors (Lipinski definition) is 0. The van der Waals surface area contributed by atoms with Crippen molar-refractivity contribution in [3.05, 3.63) is 18.2 Å². The molecule has 2 aliphatic rings. The monoisotopic (exact) mass is 260 g/mol. The fourth-order valence-corrected chi connectivity index (χ4v) is 2.16. The molecule has 0 unspecified atom stereocenters. The molecule has 1 aliphatic carbocycles. The van der Waals surface area contributed by atoms with Gasteiger partial charge in [-0.1, -0.05) is 6.92 Å². The zero-order chi connectivity index (χ0) is 13.9. The van der Waals surface area contributed by atoms with Crippen LogP contribution in [0.1, 0.15) is 53.3 Å². The van der Waals surface area contributed by atoms with Crippen molar-refractivity contribution in [1.29, 1.82) is 0 Å². The van der Waals surface area contributed by atoms with Gasteiger partial charge in [-0.2, -0.15) is 0 Å². The Hall–Kier alpha value is -0.935. The second-order valence-electron chi connectivity index (χ2n) is 6.99. The highest BCUT2D eigenvalue weighted by atomic mass is 16.7. The van der Waals surface area contributed by atoms with Crippen molar-refractivity contribution in [2.24, 2.45) is 0 Å². The Morgan fingerprint density at radius 3 is 1.84 bits per heavy atom. The molecule has 2 fully saturated rings. The topological polar surface area (TPSA) is 44.2 Å². The van der Waals surface area contributed by atoms with E-state index in [-0.39, 0.29) is 23.7 Å². The van der Waals surface area contributed by atoms with Crippen LogP contribution in [0.15, 0.2) is 12.4 Å². The lowest BCUT2D eigenvalue weighted by Crippen LogP contribution is -2.41. The third kappa shape index (κ3) is 2.09. The van der Waals surface area contributed by atoms with Crippen LogP contribution in [0, 0.1) is 0 Å². The molecule has 0 atom stereocenters. The van der Waals surface area contributed by atoms with Crippen molar-refractivity contribution in [1.82, 2.24) is 9.97 Å².